The van der Waals surface area contributed by atoms with Crippen LogP contribution in [0.3, 0.4) is 0 Å². The molecule has 0 saturated carbocycles. The summed E-state index contributed by atoms with van der Waals surface area (Å²) in [5.74, 6) is 0.904. The van der Waals surface area contributed by atoms with E-state index in [4.69, 9.17) is 9.47 Å². The Bertz CT molecular complexity index is 1090. The highest BCUT2D eigenvalue weighted by molar-refractivity contribution is 7.99. The number of thiophene rings is 1. The Morgan fingerprint density at radius 2 is 2.03 bits per heavy atom. The van der Waals surface area contributed by atoms with Gasteiger partial charge in [-0.25, -0.2) is 4.79 Å². The first-order valence-corrected chi connectivity index (χ1v) is 12.0. The molecule has 0 aliphatic carbocycles. The van der Waals surface area contributed by atoms with Crippen LogP contribution < -0.4 is 10.1 Å². The van der Waals surface area contributed by atoms with E-state index in [0.717, 1.165) is 22.6 Å². The number of esters is 1. The van der Waals surface area contributed by atoms with Crippen molar-refractivity contribution in [1.82, 2.24) is 14.8 Å². The summed E-state index contributed by atoms with van der Waals surface area (Å²) < 4.78 is 12.6. The minimum atomic E-state index is -0.465. The third-order valence-electron chi connectivity index (χ3n) is 4.59. The van der Waals surface area contributed by atoms with Crippen LogP contribution in [0.2, 0.25) is 0 Å². The van der Waals surface area contributed by atoms with Crippen LogP contribution in [0.5, 0.6) is 5.75 Å². The van der Waals surface area contributed by atoms with E-state index in [1.807, 2.05) is 49.6 Å². The maximum atomic E-state index is 12.5. The number of aromatic nitrogens is 3. The number of amides is 1. The van der Waals surface area contributed by atoms with Crippen molar-refractivity contribution in [3.63, 3.8) is 0 Å². The second-order valence-electron chi connectivity index (χ2n) is 6.89. The highest BCUT2D eigenvalue weighted by Crippen LogP contribution is 2.29. The molecular weight excluding hydrogens is 448 g/mol. The fourth-order valence-electron chi connectivity index (χ4n) is 2.97. The van der Waals surface area contributed by atoms with E-state index in [9.17, 15) is 9.59 Å². The van der Waals surface area contributed by atoms with Crippen LogP contribution in [0, 0.1) is 6.92 Å². The minimum absolute atomic E-state index is 0.136. The number of nitrogens with zero attached hydrogens (tertiary/aromatic N) is 3. The summed E-state index contributed by atoms with van der Waals surface area (Å²) in [6.45, 7) is 6.93. The van der Waals surface area contributed by atoms with E-state index in [2.05, 4.69) is 15.5 Å². The maximum Gasteiger partial charge on any atom is 0.340 e. The summed E-state index contributed by atoms with van der Waals surface area (Å²) in [6, 6.07) is 9.57. The Morgan fingerprint density at radius 3 is 2.72 bits per heavy atom. The Hall–Kier alpha value is -2.85. The van der Waals surface area contributed by atoms with Crippen molar-refractivity contribution in [3.8, 4) is 5.75 Å². The van der Waals surface area contributed by atoms with Gasteiger partial charge in [0.1, 0.15) is 17.4 Å². The zero-order chi connectivity index (χ0) is 23.1. The molecule has 0 radical (unpaired) electrons. The molecule has 1 N–H and O–H groups in total. The van der Waals surface area contributed by atoms with Crippen LogP contribution in [-0.4, -0.2) is 39.5 Å². The van der Waals surface area contributed by atoms with E-state index in [1.54, 1.807) is 6.07 Å². The number of carbonyl (C=O) groups excluding carboxylic acids is 2. The van der Waals surface area contributed by atoms with Gasteiger partial charge in [-0.2, -0.15) is 0 Å². The summed E-state index contributed by atoms with van der Waals surface area (Å²) in [5.41, 5.74) is 1.49. The molecular formula is C22H26N4O4S2. The third kappa shape index (κ3) is 5.89. The summed E-state index contributed by atoms with van der Waals surface area (Å²) in [5, 5.41) is 12.4. The first-order chi connectivity index (χ1) is 15.4. The number of anilines is 1. The van der Waals surface area contributed by atoms with Gasteiger partial charge in [-0.1, -0.05) is 30.8 Å². The van der Waals surface area contributed by atoms with Crippen molar-refractivity contribution in [2.75, 3.05) is 18.2 Å². The van der Waals surface area contributed by atoms with Gasteiger partial charge in [0.15, 0.2) is 11.0 Å². The van der Waals surface area contributed by atoms with Crippen molar-refractivity contribution in [2.45, 2.75) is 45.5 Å². The third-order valence-corrected chi connectivity index (χ3v) is 6.75. The normalized spacial score (nSPS) is 10.8. The molecule has 3 rings (SSSR count). The van der Waals surface area contributed by atoms with Gasteiger partial charge in [0.05, 0.1) is 18.4 Å². The summed E-state index contributed by atoms with van der Waals surface area (Å²) in [7, 11) is 1.32. The molecule has 0 saturated heterocycles. The van der Waals surface area contributed by atoms with E-state index in [0.29, 0.717) is 28.1 Å². The van der Waals surface area contributed by atoms with Gasteiger partial charge in [0, 0.05) is 11.4 Å². The Balaban J connectivity index is 1.61. The average molecular weight is 475 g/mol. The highest BCUT2D eigenvalue weighted by Gasteiger charge is 2.19. The van der Waals surface area contributed by atoms with Gasteiger partial charge in [0.25, 0.3) is 0 Å². The van der Waals surface area contributed by atoms with Crippen LogP contribution >= 0.6 is 23.1 Å². The van der Waals surface area contributed by atoms with E-state index < -0.39 is 5.97 Å². The van der Waals surface area contributed by atoms with E-state index in [-0.39, 0.29) is 18.3 Å². The van der Waals surface area contributed by atoms with Crippen LogP contribution in [0.4, 0.5) is 5.00 Å². The molecule has 0 spiro atoms. The number of hydrogen-bond acceptors (Lipinski definition) is 8. The first-order valence-electron chi connectivity index (χ1n) is 10.2. The lowest BCUT2D eigenvalue weighted by atomic mass is 10.2. The SMILES string of the molecule is CCc1cc(C(=O)OC)c(NC(=O)CSc2nnc(COc3cccc(C)c3)n2CC)s1. The topological polar surface area (TPSA) is 95.3 Å². The molecule has 0 aliphatic heterocycles. The van der Waals surface area contributed by atoms with Gasteiger partial charge in [-0.05, 0) is 44.0 Å². The molecule has 0 bridgehead atoms. The number of aryl methyl sites for hydroxylation is 2. The van der Waals surface area contributed by atoms with Crippen molar-refractivity contribution in [2.24, 2.45) is 0 Å². The van der Waals surface area contributed by atoms with Gasteiger partial charge in [0.2, 0.25) is 5.91 Å². The number of benzene rings is 1. The van der Waals surface area contributed by atoms with Gasteiger partial charge >= 0.3 is 5.97 Å². The molecule has 2 heterocycles. The fraction of sp³-hybridized carbons (Fsp3) is 0.364. The standard InChI is InChI=1S/C22H26N4O4S2/c1-5-16-11-17(21(28)29-4)20(32-16)23-19(27)13-31-22-25-24-18(26(22)6-2)12-30-15-9-7-8-14(3)10-15/h7-11H,5-6,12-13H2,1-4H3,(H,23,27). The van der Waals surface area contributed by atoms with E-state index in [1.165, 1.54) is 30.2 Å². The number of nitrogens with one attached hydrogen (secondary N) is 1. The largest absolute Gasteiger partial charge is 0.486 e. The number of hydrogen-bond donors (Lipinski definition) is 1. The van der Waals surface area contributed by atoms with Crippen LogP contribution in [-0.2, 0) is 29.1 Å². The first kappa shape index (κ1) is 23.8. The molecule has 0 aliphatic rings. The quantitative estimate of drug-likeness (QED) is 0.345. The lowest BCUT2D eigenvalue weighted by molar-refractivity contribution is -0.113. The molecule has 3 aromatic rings. The monoisotopic (exact) mass is 474 g/mol. The molecule has 1 aromatic carbocycles. The molecule has 32 heavy (non-hydrogen) atoms. The molecule has 0 unspecified atom stereocenters. The number of carbonyl (C=O) groups is 2. The summed E-state index contributed by atoms with van der Waals surface area (Å²) in [6.07, 6.45) is 0.770. The zero-order valence-corrected chi connectivity index (χ0v) is 20.1. The predicted octanol–water partition coefficient (Wildman–Crippen LogP) is 4.33. The van der Waals surface area contributed by atoms with Gasteiger partial charge < -0.3 is 19.4 Å². The van der Waals surface area contributed by atoms with Crippen LogP contribution in [0.25, 0.3) is 0 Å². The van der Waals surface area contributed by atoms with E-state index >= 15 is 0 Å². The number of methoxy groups -OCH3 is 1. The summed E-state index contributed by atoms with van der Waals surface area (Å²) >= 11 is 2.67. The van der Waals surface area contributed by atoms with Crippen molar-refractivity contribution >= 4 is 40.0 Å². The Labute approximate surface area is 195 Å². The Kier molecular flexibility index (Phi) is 8.29. The minimum Gasteiger partial charge on any atom is -0.486 e. The second kappa shape index (κ2) is 11.1. The van der Waals surface area contributed by atoms with Crippen LogP contribution in [0.1, 0.15) is 40.5 Å². The van der Waals surface area contributed by atoms with Crippen molar-refractivity contribution < 1.29 is 19.1 Å². The fourth-order valence-corrected chi connectivity index (χ4v) is 4.79. The molecule has 1 amide bonds. The van der Waals surface area contributed by atoms with Gasteiger partial charge in [-0.3, -0.25) is 4.79 Å². The lowest BCUT2D eigenvalue weighted by Crippen LogP contribution is -2.16. The average Bonchev–Trinajstić information content (AvgIpc) is 3.39. The molecule has 10 heteroatoms. The zero-order valence-electron chi connectivity index (χ0n) is 18.5. The molecule has 0 atom stereocenters. The van der Waals surface area contributed by atoms with Crippen LogP contribution in [0.15, 0.2) is 35.5 Å². The predicted molar refractivity (Wildman–Crippen MR) is 126 cm³/mol. The highest BCUT2D eigenvalue weighted by atomic mass is 32.2. The molecule has 170 valence electrons. The second-order valence-corrected chi connectivity index (χ2v) is 8.96. The number of ether oxygens (including phenoxy) is 2. The number of thioether (sulfide) groups is 1. The maximum absolute atomic E-state index is 12.5. The smallest absolute Gasteiger partial charge is 0.340 e. The van der Waals surface area contributed by atoms with Crippen molar-refractivity contribution in [1.29, 1.82) is 0 Å². The van der Waals surface area contributed by atoms with Gasteiger partial charge in [-0.15, -0.1) is 21.5 Å². The lowest BCUT2D eigenvalue weighted by Gasteiger charge is -2.09. The molecule has 8 nitrogen and oxygen atoms in total. The number of rotatable bonds is 10. The Morgan fingerprint density at radius 1 is 1.22 bits per heavy atom. The molecule has 0 fully saturated rings. The van der Waals surface area contributed by atoms with Crippen molar-refractivity contribution in [3.05, 3.63) is 52.2 Å². The molecule has 2 aromatic heterocycles. The summed E-state index contributed by atoms with van der Waals surface area (Å²) in [4.78, 5) is 25.5.